The van der Waals surface area contributed by atoms with Crippen LogP contribution in [0, 0.1) is 11.3 Å². The molecule has 1 saturated heterocycles. The summed E-state index contributed by atoms with van der Waals surface area (Å²) in [6.07, 6.45) is -5.93. The van der Waals surface area contributed by atoms with E-state index in [4.69, 9.17) is 15.1 Å². The fourth-order valence-electron chi connectivity index (χ4n) is 1.44. The number of nitriles is 1. The number of aliphatic hydroxyl groups excluding tert-OH is 4. The van der Waals surface area contributed by atoms with Crippen molar-refractivity contribution in [3.8, 4) is 6.07 Å². The van der Waals surface area contributed by atoms with E-state index in [1.165, 1.54) is 0 Å². The lowest BCUT2D eigenvalue weighted by atomic mass is 9.94. The van der Waals surface area contributed by atoms with Gasteiger partial charge in [-0.25, -0.2) is 0 Å². The number of rotatable bonds is 2. The van der Waals surface area contributed by atoms with Gasteiger partial charge in [-0.05, 0) is 0 Å². The van der Waals surface area contributed by atoms with Crippen molar-refractivity contribution in [2.75, 3.05) is 6.61 Å². The molecule has 6 heteroatoms. The maximum atomic E-state index is 9.38. The summed E-state index contributed by atoms with van der Waals surface area (Å²) in [7, 11) is 0. The lowest BCUT2D eigenvalue weighted by Gasteiger charge is -2.39. The number of hydrogen-bond donors (Lipinski definition) is 4. The first-order chi connectivity index (χ1) is 6.61. The van der Waals surface area contributed by atoms with Crippen LogP contribution in [0.25, 0.3) is 0 Å². The van der Waals surface area contributed by atoms with Crippen LogP contribution in [0.3, 0.4) is 0 Å². The maximum absolute atomic E-state index is 9.38. The van der Waals surface area contributed by atoms with Gasteiger partial charge >= 0.3 is 0 Å². The molecule has 1 aliphatic heterocycles. The van der Waals surface area contributed by atoms with E-state index in [0.29, 0.717) is 0 Å². The van der Waals surface area contributed by atoms with Crippen molar-refractivity contribution in [1.82, 2.24) is 0 Å². The Labute approximate surface area is 81.0 Å². The Bertz CT molecular complexity index is 226. The molecule has 1 heterocycles. The van der Waals surface area contributed by atoms with Crippen LogP contribution in [0.2, 0.25) is 0 Å². The van der Waals surface area contributed by atoms with Gasteiger partial charge in [0.05, 0.1) is 25.2 Å². The summed E-state index contributed by atoms with van der Waals surface area (Å²) in [5.74, 6) is 0. The summed E-state index contributed by atoms with van der Waals surface area (Å²) >= 11 is 0. The molecule has 0 bridgehead atoms. The lowest BCUT2D eigenvalue weighted by Crippen LogP contribution is -2.58. The van der Waals surface area contributed by atoms with Crippen molar-refractivity contribution in [3.05, 3.63) is 0 Å². The van der Waals surface area contributed by atoms with Gasteiger partial charge in [0.1, 0.15) is 24.4 Å². The molecule has 0 amide bonds. The molecule has 0 spiro atoms. The van der Waals surface area contributed by atoms with Crippen molar-refractivity contribution >= 4 is 0 Å². The summed E-state index contributed by atoms with van der Waals surface area (Å²) in [5.41, 5.74) is 0. The topological polar surface area (TPSA) is 114 Å². The van der Waals surface area contributed by atoms with E-state index in [-0.39, 0.29) is 6.42 Å². The molecule has 0 aromatic heterocycles. The minimum absolute atomic E-state index is 0.0958. The maximum Gasteiger partial charge on any atom is 0.111 e. The zero-order valence-electron chi connectivity index (χ0n) is 7.45. The third-order valence-electron chi connectivity index (χ3n) is 2.28. The minimum Gasteiger partial charge on any atom is -0.394 e. The van der Waals surface area contributed by atoms with E-state index < -0.39 is 37.1 Å². The summed E-state index contributed by atoms with van der Waals surface area (Å²) in [6.45, 7) is -0.465. The second kappa shape index (κ2) is 4.68. The molecule has 4 N–H and O–H groups in total. The number of hydrogen-bond acceptors (Lipinski definition) is 6. The van der Waals surface area contributed by atoms with Gasteiger partial charge in [-0.15, -0.1) is 0 Å². The highest BCUT2D eigenvalue weighted by Gasteiger charge is 2.42. The predicted octanol–water partition coefficient (Wildman–Crippen LogP) is -2.26. The van der Waals surface area contributed by atoms with Crippen molar-refractivity contribution in [2.24, 2.45) is 0 Å². The number of nitrogens with zero attached hydrogens (tertiary/aromatic N) is 1. The molecule has 80 valence electrons. The van der Waals surface area contributed by atoms with Crippen LogP contribution >= 0.6 is 0 Å². The van der Waals surface area contributed by atoms with Crippen LogP contribution in [0.15, 0.2) is 0 Å². The Morgan fingerprint density at radius 1 is 1.07 bits per heavy atom. The highest BCUT2D eigenvalue weighted by molar-refractivity contribution is 4.95. The van der Waals surface area contributed by atoms with Crippen LogP contribution in [0.5, 0.6) is 0 Å². The Morgan fingerprint density at radius 2 is 1.64 bits per heavy atom. The highest BCUT2D eigenvalue weighted by Crippen LogP contribution is 2.22. The van der Waals surface area contributed by atoms with E-state index in [1.807, 2.05) is 0 Å². The second-order valence-electron chi connectivity index (χ2n) is 3.23. The van der Waals surface area contributed by atoms with Gasteiger partial charge in [0.25, 0.3) is 0 Å². The fraction of sp³-hybridized carbons (Fsp3) is 0.875. The van der Waals surface area contributed by atoms with E-state index in [2.05, 4.69) is 0 Å². The first-order valence-electron chi connectivity index (χ1n) is 4.29. The summed E-state index contributed by atoms with van der Waals surface area (Å²) in [5, 5.41) is 45.2. The number of aliphatic hydroxyl groups is 4. The van der Waals surface area contributed by atoms with Crippen LogP contribution in [-0.4, -0.2) is 57.6 Å². The monoisotopic (exact) mass is 203 g/mol. The van der Waals surface area contributed by atoms with Crippen molar-refractivity contribution in [2.45, 2.75) is 36.9 Å². The van der Waals surface area contributed by atoms with Gasteiger partial charge in [0.2, 0.25) is 0 Å². The summed E-state index contributed by atoms with van der Waals surface area (Å²) < 4.78 is 5.04. The molecular weight excluding hydrogens is 190 g/mol. The molecule has 0 radical (unpaired) electrons. The van der Waals surface area contributed by atoms with Gasteiger partial charge in [-0.2, -0.15) is 5.26 Å². The van der Waals surface area contributed by atoms with Crippen molar-refractivity contribution < 1.29 is 25.2 Å². The molecule has 0 aromatic carbocycles. The Balaban J connectivity index is 2.69. The highest BCUT2D eigenvalue weighted by atomic mass is 16.5. The SMILES string of the molecule is N#CC[C@H]1O[C@@H](CO)[C@H](O)[C@@H](O)[C@@H]1O. The molecule has 1 aliphatic rings. The Morgan fingerprint density at radius 3 is 2.14 bits per heavy atom. The van der Waals surface area contributed by atoms with Crippen LogP contribution < -0.4 is 0 Å². The zero-order valence-corrected chi connectivity index (χ0v) is 7.45. The summed E-state index contributed by atoms with van der Waals surface area (Å²) in [4.78, 5) is 0. The van der Waals surface area contributed by atoms with Crippen LogP contribution in [0.4, 0.5) is 0 Å². The quantitative estimate of drug-likeness (QED) is 0.403. The fourth-order valence-corrected chi connectivity index (χ4v) is 1.44. The van der Waals surface area contributed by atoms with Gasteiger partial charge in [0.15, 0.2) is 0 Å². The lowest BCUT2D eigenvalue weighted by molar-refractivity contribution is -0.227. The smallest absolute Gasteiger partial charge is 0.111 e. The van der Waals surface area contributed by atoms with Gasteiger partial charge in [-0.1, -0.05) is 0 Å². The largest absolute Gasteiger partial charge is 0.394 e. The molecule has 0 aliphatic carbocycles. The van der Waals surface area contributed by atoms with E-state index in [1.54, 1.807) is 6.07 Å². The molecule has 5 atom stereocenters. The first kappa shape index (κ1) is 11.4. The molecule has 1 fully saturated rings. The molecule has 0 aromatic rings. The van der Waals surface area contributed by atoms with E-state index in [9.17, 15) is 15.3 Å². The van der Waals surface area contributed by atoms with E-state index in [0.717, 1.165) is 0 Å². The normalized spacial score (nSPS) is 43.2. The first-order valence-corrected chi connectivity index (χ1v) is 4.29. The molecular formula is C8H13NO5. The minimum atomic E-state index is -1.39. The van der Waals surface area contributed by atoms with Gasteiger partial charge in [-0.3, -0.25) is 0 Å². The predicted molar refractivity (Wildman–Crippen MR) is 44.0 cm³/mol. The molecule has 0 saturated carbocycles. The number of ether oxygens (including phenoxy) is 1. The average molecular weight is 203 g/mol. The van der Waals surface area contributed by atoms with Gasteiger partial charge in [0, 0.05) is 0 Å². The van der Waals surface area contributed by atoms with Gasteiger partial charge < -0.3 is 25.2 Å². The van der Waals surface area contributed by atoms with Crippen LogP contribution in [0.1, 0.15) is 6.42 Å². The molecule has 1 rings (SSSR count). The molecule has 6 nitrogen and oxygen atoms in total. The standard InChI is InChI=1S/C8H13NO5/c9-2-1-4-6(11)8(13)7(12)5(3-10)14-4/h4-8,10-13H,1,3H2/t4-,5+,6-,7+,8+/m1/s1. The van der Waals surface area contributed by atoms with E-state index >= 15 is 0 Å². The Kier molecular flexibility index (Phi) is 3.80. The average Bonchev–Trinajstić information content (AvgIpc) is 2.19. The Hall–Kier alpha value is -0.710. The summed E-state index contributed by atoms with van der Waals surface area (Å²) in [6, 6.07) is 1.79. The van der Waals surface area contributed by atoms with Crippen molar-refractivity contribution in [3.63, 3.8) is 0 Å². The second-order valence-corrected chi connectivity index (χ2v) is 3.23. The molecule has 0 unspecified atom stereocenters. The zero-order chi connectivity index (χ0) is 10.7. The third kappa shape index (κ3) is 2.03. The van der Waals surface area contributed by atoms with Crippen molar-refractivity contribution in [1.29, 1.82) is 5.26 Å². The third-order valence-corrected chi connectivity index (χ3v) is 2.28. The van der Waals surface area contributed by atoms with Crippen LogP contribution in [-0.2, 0) is 4.74 Å². The molecule has 14 heavy (non-hydrogen) atoms.